The van der Waals surface area contributed by atoms with Crippen LogP contribution in [0.3, 0.4) is 0 Å². The maximum Gasteiger partial charge on any atom is 0.164 e. The van der Waals surface area contributed by atoms with Gasteiger partial charge >= 0.3 is 0 Å². The molecule has 0 bridgehead atoms. The third-order valence-corrected chi connectivity index (χ3v) is 8.56. The lowest BCUT2D eigenvalue weighted by Crippen LogP contribution is -2.02. The lowest BCUT2D eigenvalue weighted by molar-refractivity contribution is 1.07. The fraction of sp³-hybridized carbons (Fsp3) is 0. The summed E-state index contributed by atoms with van der Waals surface area (Å²) in [5, 5.41) is 0.483. The smallest absolute Gasteiger partial charge is 0.164 e. The van der Waals surface area contributed by atoms with Crippen LogP contribution >= 0.6 is 0 Å². The highest BCUT2D eigenvalue weighted by Crippen LogP contribution is 2.41. The van der Waals surface area contributed by atoms with Crippen LogP contribution in [0.15, 0.2) is 182 Å². The minimum atomic E-state index is -0.429. The van der Waals surface area contributed by atoms with Crippen molar-refractivity contribution in [1.82, 2.24) is 19.5 Å². The lowest BCUT2D eigenvalue weighted by atomic mass is 9.99. The average Bonchev–Trinajstić information content (AvgIpc) is 3.61. The molecule has 230 valence electrons. The normalized spacial score (nSPS) is 13.3. The van der Waals surface area contributed by atoms with Crippen molar-refractivity contribution < 1.29 is 9.60 Å². The van der Waals surface area contributed by atoms with Gasteiger partial charge in [0.15, 0.2) is 17.5 Å². The Hall–Kier alpha value is -6.65. The SMILES string of the molecule is [2H]c1c([2H])c([2H])c2c(c1[2H])c1c(-c3ccccc3)c([2H])c([2H])c([2H])c1n2-c1ccc(-c2nc(-c3ccccc3)nc(-c3ccccc3)n2)cc1-c1ccccc1. The van der Waals surface area contributed by atoms with Crippen molar-refractivity contribution in [3.05, 3.63) is 182 Å². The molecule has 9 aromatic rings. The lowest BCUT2D eigenvalue weighted by Gasteiger charge is -2.16. The van der Waals surface area contributed by atoms with Gasteiger partial charge in [0.05, 0.1) is 26.3 Å². The summed E-state index contributed by atoms with van der Waals surface area (Å²) in [6.07, 6.45) is 0. The summed E-state index contributed by atoms with van der Waals surface area (Å²) in [5.74, 6) is 1.42. The van der Waals surface area contributed by atoms with E-state index in [2.05, 4.69) is 0 Å². The first kappa shape index (κ1) is 22.0. The predicted molar refractivity (Wildman–Crippen MR) is 201 cm³/mol. The van der Waals surface area contributed by atoms with Gasteiger partial charge in [-0.15, -0.1) is 0 Å². The summed E-state index contributed by atoms with van der Waals surface area (Å²) >= 11 is 0. The van der Waals surface area contributed by atoms with Crippen molar-refractivity contribution in [1.29, 1.82) is 0 Å². The largest absolute Gasteiger partial charge is 0.309 e. The minimum Gasteiger partial charge on any atom is -0.309 e. The molecule has 49 heavy (non-hydrogen) atoms. The maximum atomic E-state index is 9.35. The molecule has 0 spiro atoms. The molecule has 2 aromatic heterocycles. The van der Waals surface area contributed by atoms with E-state index >= 15 is 0 Å². The number of aromatic nitrogens is 4. The van der Waals surface area contributed by atoms with Gasteiger partial charge in [0.25, 0.3) is 0 Å². The Balaban J connectivity index is 1.40. The van der Waals surface area contributed by atoms with E-state index in [0.717, 1.165) is 16.7 Å². The second kappa shape index (κ2) is 12.2. The van der Waals surface area contributed by atoms with Crippen molar-refractivity contribution in [2.75, 3.05) is 0 Å². The maximum absolute atomic E-state index is 9.35. The van der Waals surface area contributed by atoms with Gasteiger partial charge in [-0.05, 0) is 47.0 Å². The van der Waals surface area contributed by atoms with E-state index in [1.807, 2.05) is 127 Å². The molecule has 0 aliphatic heterocycles. The molecule has 0 unspecified atom stereocenters. The summed E-state index contributed by atoms with van der Waals surface area (Å²) in [6.45, 7) is 0. The van der Waals surface area contributed by atoms with Crippen LogP contribution in [0, 0.1) is 0 Å². The Morgan fingerprint density at radius 3 is 1.49 bits per heavy atom. The van der Waals surface area contributed by atoms with Crippen LogP contribution in [-0.2, 0) is 0 Å². The van der Waals surface area contributed by atoms with E-state index in [-0.39, 0.29) is 46.6 Å². The van der Waals surface area contributed by atoms with Gasteiger partial charge in [-0.1, -0.05) is 152 Å². The molecule has 0 saturated heterocycles. The summed E-state index contributed by atoms with van der Waals surface area (Å²) in [7, 11) is 0. The first-order valence-corrected chi connectivity index (χ1v) is 15.9. The highest BCUT2D eigenvalue weighted by Gasteiger charge is 2.20. The predicted octanol–water partition coefficient (Wildman–Crippen LogP) is 11.3. The van der Waals surface area contributed by atoms with Crippen LogP contribution in [0.5, 0.6) is 0 Å². The third-order valence-electron chi connectivity index (χ3n) is 8.56. The number of rotatable bonds is 6. The molecule has 4 nitrogen and oxygen atoms in total. The molecule has 0 fully saturated rings. The molecule has 4 heteroatoms. The molecule has 0 aliphatic rings. The van der Waals surface area contributed by atoms with E-state index in [9.17, 15) is 4.11 Å². The molecule has 0 radical (unpaired) electrons. The Kier molecular flexibility index (Phi) is 5.47. The molecular weight excluding hydrogens is 597 g/mol. The Bertz CT molecular complexity index is 2920. The summed E-state index contributed by atoms with van der Waals surface area (Å²) in [5.41, 5.74) is 5.54. The molecule has 7 aromatic carbocycles. The monoisotopic (exact) mass is 633 g/mol. The molecule has 0 N–H and O–H groups in total. The number of nitrogens with zero attached hydrogens (tertiary/aromatic N) is 4. The standard InChI is InChI=1S/C45H30N4/c1-5-16-31(17-6-1)36-25-15-27-41-42(36)37-24-13-14-26-39(37)49(41)40-29-28-35(30-38(40)32-18-7-2-8-19-32)45-47-43(33-20-9-3-10-21-33)46-44(48-45)34-22-11-4-12-23-34/h1-30H/i13D,14D,15D,24D,25D,26D,27D. The van der Waals surface area contributed by atoms with Gasteiger partial charge < -0.3 is 4.57 Å². The Morgan fingerprint density at radius 1 is 0.408 bits per heavy atom. The first-order valence-electron chi connectivity index (χ1n) is 19.4. The fourth-order valence-electron chi connectivity index (χ4n) is 6.29. The minimum absolute atomic E-state index is 0.143. The summed E-state index contributed by atoms with van der Waals surface area (Å²) < 4.78 is 65.0. The molecule has 0 aliphatic carbocycles. The number of fused-ring (bicyclic) bond motifs is 3. The van der Waals surface area contributed by atoms with E-state index in [4.69, 9.17) is 20.4 Å². The molecule has 2 heterocycles. The van der Waals surface area contributed by atoms with E-state index in [1.54, 1.807) is 16.7 Å². The van der Waals surface area contributed by atoms with Crippen LogP contribution in [0.1, 0.15) is 9.60 Å². The number of hydrogen-bond donors (Lipinski definition) is 0. The van der Waals surface area contributed by atoms with Crippen LogP contribution in [-0.4, -0.2) is 19.5 Å². The van der Waals surface area contributed by atoms with Gasteiger partial charge in [0.2, 0.25) is 0 Å². The van der Waals surface area contributed by atoms with Crippen molar-refractivity contribution in [3.8, 4) is 62.1 Å². The van der Waals surface area contributed by atoms with Gasteiger partial charge in [0.1, 0.15) is 0 Å². The van der Waals surface area contributed by atoms with Crippen LogP contribution in [0.25, 0.3) is 83.9 Å². The van der Waals surface area contributed by atoms with E-state index < -0.39 is 12.1 Å². The summed E-state index contributed by atoms with van der Waals surface area (Å²) in [4.78, 5) is 14.7. The third kappa shape index (κ3) is 5.16. The van der Waals surface area contributed by atoms with Crippen LogP contribution < -0.4 is 0 Å². The van der Waals surface area contributed by atoms with Gasteiger partial charge in [0, 0.05) is 33.0 Å². The number of hydrogen-bond acceptors (Lipinski definition) is 3. The van der Waals surface area contributed by atoms with Gasteiger partial charge in [-0.3, -0.25) is 0 Å². The van der Waals surface area contributed by atoms with Crippen molar-refractivity contribution in [2.24, 2.45) is 0 Å². The zero-order chi connectivity index (χ0) is 38.7. The molecule has 9 rings (SSSR count). The van der Waals surface area contributed by atoms with Gasteiger partial charge in [-0.25, -0.2) is 15.0 Å². The highest BCUT2D eigenvalue weighted by atomic mass is 15.0. The highest BCUT2D eigenvalue weighted by molar-refractivity contribution is 6.16. The van der Waals surface area contributed by atoms with Crippen LogP contribution in [0.2, 0.25) is 0 Å². The first-order chi connectivity index (χ1) is 27.2. The second-order valence-electron chi connectivity index (χ2n) is 11.5. The molecule has 0 atom stereocenters. The fourth-order valence-corrected chi connectivity index (χ4v) is 6.29. The topological polar surface area (TPSA) is 43.6 Å². The Labute approximate surface area is 294 Å². The van der Waals surface area contributed by atoms with Crippen molar-refractivity contribution in [2.45, 2.75) is 0 Å². The molecular formula is C45H30N4. The quantitative estimate of drug-likeness (QED) is 0.183. The number of para-hydroxylation sites is 1. The molecule has 0 amide bonds. The van der Waals surface area contributed by atoms with Crippen molar-refractivity contribution in [3.63, 3.8) is 0 Å². The number of benzene rings is 7. The second-order valence-corrected chi connectivity index (χ2v) is 11.5. The Morgan fingerprint density at radius 2 is 0.898 bits per heavy atom. The van der Waals surface area contributed by atoms with E-state index in [1.165, 1.54) is 0 Å². The van der Waals surface area contributed by atoms with E-state index in [0.29, 0.717) is 50.8 Å². The summed E-state index contributed by atoms with van der Waals surface area (Å²) in [6, 6.07) is 41.5. The zero-order valence-electron chi connectivity index (χ0n) is 33.1. The van der Waals surface area contributed by atoms with Gasteiger partial charge in [-0.2, -0.15) is 0 Å². The zero-order valence-corrected chi connectivity index (χ0v) is 26.1. The average molecular weight is 634 g/mol. The van der Waals surface area contributed by atoms with Crippen LogP contribution in [0.4, 0.5) is 0 Å². The van der Waals surface area contributed by atoms with Crippen molar-refractivity contribution >= 4 is 21.8 Å². The molecule has 0 saturated carbocycles.